The van der Waals surface area contributed by atoms with E-state index >= 15 is 0 Å². The van der Waals surface area contributed by atoms with Gasteiger partial charge in [0.05, 0.1) is 19.8 Å². The zero-order valence-corrected chi connectivity index (χ0v) is 21.2. The van der Waals surface area contributed by atoms with Crippen LogP contribution in [0, 0.1) is 5.92 Å². The van der Waals surface area contributed by atoms with E-state index in [9.17, 15) is 9.90 Å². The van der Waals surface area contributed by atoms with Gasteiger partial charge in [0.2, 0.25) is 5.88 Å². The number of pyridine rings is 1. The number of methoxy groups -OCH3 is 1. The molecule has 9 heteroatoms. The van der Waals surface area contributed by atoms with Crippen LogP contribution in [0.3, 0.4) is 0 Å². The highest BCUT2D eigenvalue weighted by Gasteiger charge is 2.34. The molecule has 0 radical (unpaired) electrons. The minimum Gasteiger partial charge on any atom is -0.496 e. The van der Waals surface area contributed by atoms with Crippen LogP contribution in [0.4, 0.5) is 0 Å². The van der Waals surface area contributed by atoms with Crippen molar-refractivity contribution in [2.75, 3.05) is 33.9 Å². The highest BCUT2D eigenvalue weighted by atomic mass is 16.5. The van der Waals surface area contributed by atoms with Gasteiger partial charge in [-0.05, 0) is 26.1 Å². The third-order valence-electron chi connectivity index (χ3n) is 6.50. The summed E-state index contributed by atoms with van der Waals surface area (Å²) in [4.78, 5) is 30.3. The molecule has 36 heavy (non-hydrogen) atoms. The molecule has 2 aromatic heterocycles. The van der Waals surface area contributed by atoms with Crippen LogP contribution >= 0.6 is 0 Å². The minimum atomic E-state index is -0.347. The van der Waals surface area contributed by atoms with Crippen molar-refractivity contribution in [1.82, 2.24) is 24.8 Å². The van der Waals surface area contributed by atoms with E-state index < -0.39 is 0 Å². The first kappa shape index (κ1) is 25.5. The van der Waals surface area contributed by atoms with Crippen LogP contribution in [-0.4, -0.2) is 81.8 Å². The summed E-state index contributed by atoms with van der Waals surface area (Å²) in [6.07, 6.45) is 6.58. The number of aromatic nitrogens is 3. The lowest BCUT2D eigenvalue weighted by molar-refractivity contribution is 0.0325. The summed E-state index contributed by atoms with van der Waals surface area (Å²) in [5.41, 5.74) is 2.96. The fourth-order valence-corrected chi connectivity index (χ4v) is 4.45. The summed E-state index contributed by atoms with van der Waals surface area (Å²) in [5, 5.41) is 9.90. The average Bonchev–Trinajstić information content (AvgIpc) is 2.90. The molecule has 1 aliphatic heterocycles. The van der Waals surface area contributed by atoms with Crippen molar-refractivity contribution in [3.63, 3.8) is 0 Å². The molecule has 0 saturated carbocycles. The molecule has 1 aromatic carbocycles. The van der Waals surface area contributed by atoms with Gasteiger partial charge in [0.1, 0.15) is 23.7 Å². The van der Waals surface area contributed by atoms with Crippen molar-refractivity contribution in [2.24, 2.45) is 5.92 Å². The first-order valence-corrected chi connectivity index (χ1v) is 12.1. The largest absolute Gasteiger partial charge is 0.496 e. The number of benzene rings is 1. The third-order valence-corrected chi connectivity index (χ3v) is 6.50. The molecule has 0 aliphatic carbocycles. The van der Waals surface area contributed by atoms with E-state index in [2.05, 4.69) is 26.8 Å². The van der Waals surface area contributed by atoms with Crippen molar-refractivity contribution in [3.8, 4) is 22.8 Å². The van der Waals surface area contributed by atoms with Crippen LogP contribution in [0.1, 0.15) is 29.8 Å². The van der Waals surface area contributed by atoms with E-state index in [1.807, 2.05) is 38.2 Å². The van der Waals surface area contributed by atoms with Gasteiger partial charge in [-0.1, -0.05) is 25.1 Å². The maximum Gasteiger partial charge on any atom is 0.259 e. The van der Waals surface area contributed by atoms with Crippen molar-refractivity contribution in [2.45, 2.75) is 32.5 Å². The molecule has 0 bridgehead atoms. The van der Waals surface area contributed by atoms with Gasteiger partial charge in [0.25, 0.3) is 5.91 Å². The number of fused-ring (bicyclic) bond motifs is 1. The number of rotatable bonds is 8. The van der Waals surface area contributed by atoms with Crippen LogP contribution in [0.25, 0.3) is 11.1 Å². The van der Waals surface area contributed by atoms with Crippen LogP contribution in [0.5, 0.6) is 11.6 Å². The molecule has 3 atom stereocenters. The van der Waals surface area contributed by atoms with E-state index in [-0.39, 0.29) is 30.6 Å². The van der Waals surface area contributed by atoms with Crippen molar-refractivity contribution in [1.29, 1.82) is 0 Å². The van der Waals surface area contributed by atoms with E-state index in [0.29, 0.717) is 36.8 Å². The standard InChI is InChI=1S/C27H33N5O4/c1-18-13-32(19(2)16-33)27(34)23-9-21(22-7-5-6-8-24(22)35-4)12-30-26(23)36-25(18)15-31(3)14-20-10-28-17-29-11-20/h5-12,17-19,25,33H,13-16H2,1-4H3/t18-,19-,25-/m0/s1. The number of aliphatic hydroxyl groups is 1. The van der Waals surface area contributed by atoms with E-state index in [4.69, 9.17) is 9.47 Å². The second-order valence-corrected chi connectivity index (χ2v) is 9.34. The van der Waals surface area contributed by atoms with Crippen LogP contribution in [0.15, 0.2) is 55.2 Å². The Morgan fingerprint density at radius 1 is 1.22 bits per heavy atom. The second-order valence-electron chi connectivity index (χ2n) is 9.34. The molecular formula is C27H33N5O4. The minimum absolute atomic E-state index is 0.00117. The summed E-state index contributed by atoms with van der Waals surface area (Å²) in [5.74, 6) is 0.774. The Hall–Kier alpha value is -3.56. The molecule has 190 valence electrons. The van der Waals surface area contributed by atoms with Gasteiger partial charge in [-0.2, -0.15) is 0 Å². The van der Waals surface area contributed by atoms with E-state index in [1.165, 1.54) is 6.33 Å². The van der Waals surface area contributed by atoms with E-state index in [0.717, 1.165) is 16.7 Å². The summed E-state index contributed by atoms with van der Waals surface area (Å²) in [6, 6.07) is 9.07. The Morgan fingerprint density at radius 3 is 2.69 bits per heavy atom. The number of likely N-dealkylation sites (N-methyl/N-ethyl adjacent to an activating group) is 1. The van der Waals surface area contributed by atoms with Crippen molar-refractivity contribution < 1.29 is 19.4 Å². The lowest BCUT2D eigenvalue weighted by Crippen LogP contribution is -2.49. The summed E-state index contributed by atoms with van der Waals surface area (Å²) < 4.78 is 11.9. The number of para-hydroxylation sites is 1. The topological polar surface area (TPSA) is 101 Å². The predicted octanol–water partition coefficient (Wildman–Crippen LogP) is 2.90. The Bertz CT molecular complexity index is 1180. The Kier molecular flexibility index (Phi) is 8.12. The molecule has 0 saturated heterocycles. The molecule has 1 aliphatic rings. The Morgan fingerprint density at radius 2 is 1.97 bits per heavy atom. The monoisotopic (exact) mass is 491 g/mol. The smallest absolute Gasteiger partial charge is 0.259 e. The van der Waals surface area contributed by atoms with Gasteiger partial charge < -0.3 is 19.5 Å². The van der Waals surface area contributed by atoms with Crippen molar-refractivity contribution in [3.05, 3.63) is 66.4 Å². The molecule has 3 heterocycles. The predicted molar refractivity (Wildman–Crippen MR) is 136 cm³/mol. The molecule has 1 amide bonds. The number of carbonyl (C=O) groups is 1. The number of hydrogen-bond donors (Lipinski definition) is 1. The van der Waals surface area contributed by atoms with Crippen LogP contribution in [-0.2, 0) is 6.54 Å². The molecule has 0 unspecified atom stereocenters. The first-order valence-electron chi connectivity index (χ1n) is 12.1. The van der Waals surface area contributed by atoms with Gasteiger partial charge in [-0.15, -0.1) is 0 Å². The zero-order chi connectivity index (χ0) is 25.7. The first-order chi connectivity index (χ1) is 17.4. The number of amides is 1. The molecule has 3 aromatic rings. The number of aliphatic hydroxyl groups excluding tert-OH is 1. The normalized spacial score (nSPS) is 18.7. The lowest BCUT2D eigenvalue weighted by Gasteiger charge is -2.37. The molecule has 0 fully saturated rings. The Labute approximate surface area is 211 Å². The molecule has 0 spiro atoms. The number of carbonyl (C=O) groups excluding carboxylic acids is 1. The maximum absolute atomic E-state index is 13.7. The van der Waals surface area contributed by atoms with Gasteiger partial charge >= 0.3 is 0 Å². The van der Waals surface area contributed by atoms with Crippen LogP contribution in [0.2, 0.25) is 0 Å². The molecule has 1 N–H and O–H groups in total. The maximum atomic E-state index is 13.7. The summed E-state index contributed by atoms with van der Waals surface area (Å²) in [6.45, 7) is 5.50. The molecular weight excluding hydrogens is 458 g/mol. The van der Waals surface area contributed by atoms with Gasteiger partial charge in [-0.3, -0.25) is 9.69 Å². The van der Waals surface area contributed by atoms with Gasteiger partial charge in [0, 0.05) is 60.8 Å². The highest BCUT2D eigenvalue weighted by molar-refractivity contribution is 5.98. The molecule has 4 rings (SSSR count). The SMILES string of the molecule is COc1ccccc1-c1cnc2c(c1)C(=O)N([C@@H](C)CO)C[C@H](C)[C@H](CN(C)Cc1cncnc1)O2. The second kappa shape index (κ2) is 11.5. The number of nitrogens with zero attached hydrogens (tertiary/aromatic N) is 5. The van der Waals surface area contributed by atoms with Crippen LogP contribution < -0.4 is 9.47 Å². The number of hydrogen-bond acceptors (Lipinski definition) is 8. The Balaban J connectivity index is 1.68. The third kappa shape index (κ3) is 5.63. The number of ether oxygens (including phenoxy) is 2. The van der Waals surface area contributed by atoms with Gasteiger partial charge in [-0.25, -0.2) is 15.0 Å². The fraction of sp³-hybridized carbons (Fsp3) is 0.407. The highest BCUT2D eigenvalue weighted by Crippen LogP contribution is 2.34. The fourth-order valence-electron chi connectivity index (χ4n) is 4.45. The quantitative estimate of drug-likeness (QED) is 0.513. The zero-order valence-electron chi connectivity index (χ0n) is 21.2. The lowest BCUT2D eigenvalue weighted by atomic mass is 9.99. The van der Waals surface area contributed by atoms with Gasteiger partial charge in [0.15, 0.2) is 0 Å². The summed E-state index contributed by atoms with van der Waals surface area (Å²) in [7, 11) is 3.63. The van der Waals surface area contributed by atoms with Crippen molar-refractivity contribution >= 4 is 5.91 Å². The molecule has 9 nitrogen and oxygen atoms in total. The summed E-state index contributed by atoms with van der Waals surface area (Å²) >= 11 is 0. The van der Waals surface area contributed by atoms with E-state index in [1.54, 1.807) is 36.7 Å². The average molecular weight is 492 g/mol.